The molecule has 5 heteroatoms. The van der Waals surface area contributed by atoms with E-state index in [0.717, 1.165) is 11.0 Å². The molecule has 1 aromatic carbocycles. The third kappa shape index (κ3) is 3.96. The van der Waals surface area contributed by atoms with Crippen LogP contribution >= 0.6 is 15.9 Å². The van der Waals surface area contributed by atoms with Crippen LogP contribution in [0.5, 0.6) is 5.75 Å². The zero-order chi connectivity index (χ0) is 12.8. The summed E-state index contributed by atoms with van der Waals surface area (Å²) >= 11 is 3.38. The van der Waals surface area contributed by atoms with E-state index >= 15 is 0 Å². The Hall–Kier alpha value is -0.620. The molecule has 0 radical (unpaired) electrons. The predicted octanol–water partition coefficient (Wildman–Crippen LogP) is 1.43. The van der Waals surface area contributed by atoms with E-state index in [1.54, 1.807) is 7.11 Å². The van der Waals surface area contributed by atoms with Crippen molar-refractivity contribution in [2.24, 2.45) is 5.73 Å². The SMILES string of the molecule is CNCCC(N)C(O)c1cc(Br)ccc1OC. The van der Waals surface area contributed by atoms with Crippen molar-refractivity contribution in [1.82, 2.24) is 5.32 Å². The van der Waals surface area contributed by atoms with E-state index in [4.69, 9.17) is 10.5 Å². The Bertz CT molecular complexity index is 360. The zero-order valence-electron chi connectivity index (χ0n) is 10.1. The summed E-state index contributed by atoms with van der Waals surface area (Å²) in [6, 6.07) is 5.20. The van der Waals surface area contributed by atoms with E-state index < -0.39 is 6.10 Å². The maximum Gasteiger partial charge on any atom is 0.124 e. The number of aliphatic hydroxyl groups is 1. The van der Waals surface area contributed by atoms with Crippen LogP contribution in [0.15, 0.2) is 22.7 Å². The first-order valence-corrected chi connectivity index (χ1v) is 6.31. The Morgan fingerprint density at radius 1 is 1.53 bits per heavy atom. The number of hydrogen-bond donors (Lipinski definition) is 3. The first-order valence-electron chi connectivity index (χ1n) is 5.51. The molecule has 0 heterocycles. The smallest absolute Gasteiger partial charge is 0.124 e. The maximum atomic E-state index is 10.2. The standard InChI is InChI=1S/C12H19BrN2O2/c1-15-6-5-10(14)12(16)9-7-8(13)3-4-11(9)17-2/h3-4,7,10,12,15-16H,5-6,14H2,1-2H3. The largest absolute Gasteiger partial charge is 0.496 e. The number of hydrogen-bond acceptors (Lipinski definition) is 4. The number of rotatable bonds is 6. The number of aliphatic hydroxyl groups excluding tert-OH is 1. The number of benzene rings is 1. The van der Waals surface area contributed by atoms with Gasteiger partial charge in [0, 0.05) is 16.1 Å². The Morgan fingerprint density at radius 3 is 2.82 bits per heavy atom. The third-order valence-corrected chi connectivity index (χ3v) is 3.14. The lowest BCUT2D eigenvalue weighted by Crippen LogP contribution is -2.31. The molecule has 1 aromatic rings. The average molecular weight is 303 g/mol. The second-order valence-corrected chi connectivity index (χ2v) is 4.80. The van der Waals surface area contributed by atoms with Crippen LogP contribution < -0.4 is 15.8 Å². The van der Waals surface area contributed by atoms with Gasteiger partial charge in [-0.2, -0.15) is 0 Å². The van der Waals surface area contributed by atoms with Crippen molar-refractivity contribution in [3.05, 3.63) is 28.2 Å². The minimum absolute atomic E-state index is 0.314. The van der Waals surface area contributed by atoms with Crippen molar-refractivity contribution in [3.63, 3.8) is 0 Å². The summed E-state index contributed by atoms with van der Waals surface area (Å²) in [5.74, 6) is 0.653. The van der Waals surface area contributed by atoms with E-state index in [1.165, 1.54) is 0 Å². The fourth-order valence-corrected chi connectivity index (χ4v) is 2.01. The number of nitrogens with one attached hydrogen (secondary N) is 1. The van der Waals surface area contributed by atoms with Crippen LogP contribution in [0.3, 0.4) is 0 Å². The first-order chi connectivity index (χ1) is 8.10. The number of methoxy groups -OCH3 is 1. The molecule has 0 spiro atoms. The fraction of sp³-hybridized carbons (Fsp3) is 0.500. The van der Waals surface area contributed by atoms with Crippen molar-refractivity contribution in [2.45, 2.75) is 18.6 Å². The van der Waals surface area contributed by atoms with Gasteiger partial charge in [0.1, 0.15) is 5.75 Å². The quantitative estimate of drug-likeness (QED) is 0.744. The molecule has 0 aliphatic carbocycles. The second-order valence-electron chi connectivity index (χ2n) is 3.89. The topological polar surface area (TPSA) is 67.5 Å². The molecule has 0 aromatic heterocycles. The summed E-state index contributed by atoms with van der Waals surface area (Å²) in [6.45, 7) is 0.772. The minimum Gasteiger partial charge on any atom is -0.496 e. The molecule has 2 atom stereocenters. The molecule has 0 fully saturated rings. The van der Waals surface area contributed by atoms with Crippen molar-refractivity contribution in [1.29, 1.82) is 0 Å². The van der Waals surface area contributed by atoms with Crippen molar-refractivity contribution < 1.29 is 9.84 Å². The number of halogens is 1. The van der Waals surface area contributed by atoms with Gasteiger partial charge >= 0.3 is 0 Å². The lowest BCUT2D eigenvalue weighted by Gasteiger charge is -2.21. The summed E-state index contributed by atoms with van der Waals surface area (Å²) in [4.78, 5) is 0. The van der Waals surface area contributed by atoms with Gasteiger partial charge in [0.2, 0.25) is 0 Å². The molecular formula is C12H19BrN2O2. The molecule has 0 saturated heterocycles. The molecule has 4 N–H and O–H groups in total. The number of ether oxygens (including phenoxy) is 1. The Balaban J connectivity index is 2.86. The molecule has 0 aliphatic heterocycles. The monoisotopic (exact) mass is 302 g/mol. The van der Waals surface area contributed by atoms with E-state index in [-0.39, 0.29) is 6.04 Å². The normalized spacial score (nSPS) is 14.4. The lowest BCUT2D eigenvalue weighted by atomic mass is 9.99. The zero-order valence-corrected chi connectivity index (χ0v) is 11.7. The van der Waals surface area contributed by atoms with E-state index in [0.29, 0.717) is 17.7 Å². The van der Waals surface area contributed by atoms with Gasteiger partial charge < -0.3 is 20.9 Å². The molecule has 96 valence electrons. The molecule has 4 nitrogen and oxygen atoms in total. The summed E-state index contributed by atoms with van der Waals surface area (Å²) in [7, 11) is 3.44. The van der Waals surface area contributed by atoms with Gasteiger partial charge in [-0.15, -0.1) is 0 Å². The van der Waals surface area contributed by atoms with Crippen LogP contribution in [-0.4, -0.2) is 31.9 Å². The van der Waals surface area contributed by atoms with Crippen LogP contribution in [0.25, 0.3) is 0 Å². The summed E-state index contributed by atoms with van der Waals surface area (Å²) in [6.07, 6.45) is -0.0244. The van der Waals surface area contributed by atoms with Crippen LogP contribution in [0, 0.1) is 0 Å². The highest BCUT2D eigenvalue weighted by Crippen LogP contribution is 2.30. The minimum atomic E-state index is -0.726. The maximum absolute atomic E-state index is 10.2. The third-order valence-electron chi connectivity index (χ3n) is 2.64. The molecule has 0 bridgehead atoms. The Kier molecular flexibility index (Phi) is 5.91. The summed E-state index contributed by atoms with van der Waals surface area (Å²) in [5, 5.41) is 13.2. The van der Waals surface area contributed by atoms with Gasteiger partial charge in [0.15, 0.2) is 0 Å². The molecule has 0 amide bonds. The summed E-state index contributed by atoms with van der Waals surface area (Å²) < 4.78 is 6.12. The second kappa shape index (κ2) is 6.96. The van der Waals surface area contributed by atoms with E-state index in [1.807, 2.05) is 25.2 Å². The van der Waals surface area contributed by atoms with Crippen LogP contribution in [-0.2, 0) is 0 Å². The van der Waals surface area contributed by atoms with Crippen molar-refractivity contribution >= 4 is 15.9 Å². The summed E-state index contributed by atoms with van der Waals surface area (Å²) in [5.41, 5.74) is 6.66. The van der Waals surface area contributed by atoms with Crippen LogP contribution in [0.2, 0.25) is 0 Å². The molecule has 0 saturated carbocycles. The van der Waals surface area contributed by atoms with Crippen LogP contribution in [0.4, 0.5) is 0 Å². The van der Waals surface area contributed by atoms with Crippen molar-refractivity contribution in [2.75, 3.05) is 20.7 Å². The lowest BCUT2D eigenvalue weighted by molar-refractivity contribution is 0.139. The highest BCUT2D eigenvalue weighted by Gasteiger charge is 2.20. The van der Waals surface area contributed by atoms with E-state index in [9.17, 15) is 5.11 Å². The average Bonchev–Trinajstić information content (AvgIpc) is 2.34. The van der Waals surface area contributed by atoms with E-state index in [2.05, 4.69) is 21.2 Å². The van der Waals surface area contributed by atoms with Gasteiger partial charge in [-0.05, 0) is 38.2 Å². The molecule has 2 unspecified atom stereocenters. The van der Waals surface area contributed by atoms with Gasteiger partial charge in [0.25, 0.3) is 0 Å². The highest BCUT2D eigenvalue weighted by molar-refractivity contribution is 9.10. The highest BCUT2D eigenvalue weighted by atomic mass is 79.9. The molecule has 17 heavy (non-hydrogen) atoms. The van der Waals surface area contributed by atoms with Crippen molar-refractivity contribution in [3.8, 4) is 5.75 Å². The Labute approximate surface area is 110 Å². The van der Waals surface area contributed by atoms with Crippen LogP contribution in [0.1, 0.15) is 18.1 Å². The predicted molar refractivity (Wildman–Crippen MR) is 72.2 cm³/mol. The van der Waals surface area contributed by atoms with Gasteiger partial charge in [-0.3, -0.25) is 0 Å². The first kappa shape index (κ1) is 14.4. The molecule has 0 aliphatic rings. The fourth-order valence-electron chi connectivity index (χ4n) is 1.64. The Morgan fingerprint density at radius 2 is 2.24 bits per heavy atom. The van der Waals surface area contributed by atoms with Gasteiger partial charge in [-0.1, -0.05) is 15.9 Å². The molecular weight excluding hydrogens is 284 g/mol. The number of nitrogens with two attached hydrogens (primary N) is 1. The molecule has 1 rings (SSSR count). The van der Waals surface area contributed by atoms with Gasteiger partial charge in [0.05, 0.1) is 13.2 Å². The van der Waals surface area contributed by atoms with Gasteiger partial charge in [-0.25, -0.2) is 0 Å².